The Bertz CT molecular complexity index is 1380. The monoisotopic (exact) mass is 499 g/mol. The van der Waals surface area contributed by atoms with Gasteiger partial charge < -0.3 is 0 Å². The van der Waals surface area contributed by atoms with Crippen LogP contribution in [-0.2, 0) is 16.0 Å². The fraction of sp³-hybridized carbons (Fsp3) is 0.280. The number of carbonyl (C=O) groups excluding carboxylic acids is 2. The van der Waals surface area contributed by atoms with E-state index in [0.29, 0.717) is 27.8 Å². The topological polar surface area (TPSA) is 79.1 Å². The van der Waals surface area contributed by atoms with E-state index in [9.17, 15) is 14.4 Å². The number of aryl methyl sites for hydroxylation is 2. The van der Waals surface area contributed by atoms with Gasteiger partial charge in [0.15, 0.2) is 12.4 Å². The number of amides is 2. The molecule has 0 radical (unpaired) electrons. The van der Waals surface area contributed by atoms with Crippen LogP contribution in [0.3, 0.4) is 0 Å². The van der Waals surface area contributed by atoms with Gasteiger partial charge in [0.05, 0.1) is 21.3 Å². The summed E-state index contributed by atoms with van der Waals surface area (Å²) in [6.07, 6.45) is 3.90. The first-order valence-corrected chi connectivity index (χ1v) is 11.8. The average molecular weight is 500 g/mol. The van der Waals surface area contributed by atoms with Crippen LogP contribution >= 0.6 is 23.2 Å². The maximum absolute atomic E-state index is 13.7. The summed E-state index contributed by atoms with van der Waals surface area (Å²) in [4.78, 5) is 42.0. The maximum atomic E-state index is 13.7. The number of pyridine rings is 1. The van der Waals surface area contributed by atoms with Crippen LogP contribution in [0.2, 0.25) is 10.0 Å². The van der Waals surface area contributed by atoms with Gasteiger partial charge in [0.2, 0.25) is 0 Å². The molecule has 0 bridgehead atoms. The van der Waals surface area contributed by atoms with Crippen LogP contribution in [0.25, 0.3) is 17.0 Å². The number of hydrogen-bond donors (Lipinski definition) is 1. The highest BCUT2D eigenvalue weighted by molar-refractivity contribution is 6.44. The third-order valence-corrected chi connectivity index (χ3v) is 6.41. The first-order chi connectivity index (χ1) is 16.1. The molecule has 1 aromatic carbocycles. The number of nitrogens with one attached hydrogen (secondary N) is 1. The largest absolute Gasteiger partial charge is 0.326 e. The molecule has 176 valence electrons. The predicted molar refractivity (Wildman–Crippen MR) is 132 cm³/mol. The summed E-state index contributed by atoms with van der Waals surface area (Å²) < 4.78 is 2.93. The van der Waals surface area contributed by atoms with Crippen molar-refractivity contribution in [3.8, 4) is 5.69 Å². The molecule has 3 heterocycles. The SMILES string of the molecule is CCc1[nH]n(-c2ccc(Cl)c(Cl)c2)c(=O)c1C1=C([n+]2ccc(C)cc2)C(=O)N(CC(C)C)C1=O. The van der Waals surface area contributed by atoms with Crippen molar-refractivity contribution in [2.75, 3.05) is 6.54 Å². The predicted octanol–water partition coefficient (Wildman–Crippen LogP) is 4.02. The van der Waals surface area contributed by atoms with Gasteiger partial charge in [0.1, 0.15) is 5.57 Å². The standard InChI is InChI=1S/C25H24Cl2N4O3/c1-5-19-20(24(33)31(28-19)16-6-7-17(26)18(27)12-16)21-22(29-10-8-15(4)9-11-29)25(34)30(23(21)32)13-14(2)3/h6-12,14H,5,13H2,1-4H3/p+1. The summed E-state index contributed by atoms with van der Waals surface area (Å²) in [5.74, 6) is -0.832. The molecule has 0 saturated heterocycles. The van der Waals surface area contributed by atoms with E-state index in [1.807, 2.05) is 39.8 Å². The number of halogens is 2. The highest BCUT2D eigenvalue weighted by atomic mass is 35.5. The van der Waals surface area contributed by atoms with E-state index in [4.69, 9.17) is 23.2 Å². The maximum Gasteiger partial charge on any atom is 0.326 e. The molecule has 1 aliphatic rings. The number of H-pyrrole nitrogens is 1. The molecule has 9 heteroatoms. The minimum Gasteiger partial charge on any atom is -0.294 e. The van der Waals surface area contributed by atoms with Crippen molar-refractivity contribution >= 4 is 46.3 Å². The van der Waals surface area contributed by atoms with Crippen molar-refractivity contribution < 1.29 is 14.2 Å². The second-order valence-corrected chi connectivity index (χ2v) is 9.49. The van der Waals surface area contributed by atoms with E-state index >= 15 is 0 Å². The van der Waals surface area contributed by atoms with Crippen molar-refractivity contribution in [3.05, 3.63) is 79.9 Å². The van der Waals surface area contributed by atoms with E-state index in [2.05, 4.69) is 5.10 Å². The fourth-order valence-electron chi connectivity index (χ4n) is 4.01. The average Bonchev–Trinajstić information content (AvgIpc) is 3.24. The van der Waals surface area contributed by atoms with Gasteiger partial charge in [-0.3, -0.25) is 24.4 Å². The quantitative estimate of drug-likeness (QED) is 0.410. The Hall–Kier alpha value is -3.16. The number of nitrogens with zero attached hydrogens (tertiary/aromatic N) is 3. The number of carbonyl (C=O) groups is 2. The zero-order valence-corrected chi connectivity index (χ0v) is 20.9. The van der Waals surface area contributed by atoms with Crippen molar-refractivity contribution in [2.24, 2.45) is 5.92 Å². The molecule has 0 saturated carbocycles. The van der Waals surface area contributed by atoms with Crippen LogP contribution in [0, 0.1) is 12.8 Å². The van der Waals surface area contributed by atoms with E-state index in [1.54, 1.807) is 35.2 Å². The number of aromatic nitrogens is 3. The van der Waals surface area contributed by atoms with Gasteiger partial charge in [0, 0.05) is 24.4 Å². The van der Waals surface area contributed by atoms with Crippen LogP contribution in [0.15, 0.2) is 47.5 Å². The van der Waals surface area contributed by atoms with Crippen LogP contribution in [0.5, 0.6) is 0 Å². The summed E-state index contributed by atoms with van der Waals surface area (Å²) in [5.41, 5.74) is 2.02. The smallest absolute Gasteiger partial charge is 0.294 e. The number of benzene rings is 1. The van der Waals surface area contributed by atoms with Crippen molar-refractivity contribution in [2.45, 2.75) is 34.1 Å². The highest BCUT2D eigenvalue weighted by Crippen LogP contribution is 2.31. The van der Waals surface area contributed by atoms with Crippen molar-refractivity contribution in [1.82, 2.24) is 14.7 Å². The lowest BCUT2D eigenvalue weighted by atomic mass is 10.0. The Morgan fingerprint density at radius 2 is 1.68 bits per heavy atom. The first kappa shape index (κ1) is 24.0. The van der Waals surface area contributed by atoms with Gasteiger partial charge in [0.25, 0.3) is 17.2 Å². The molecule has 1 N–H and O–H groups in total. The molecule has 3 aromatic rings. The molecule has 2 aromatic heterocycles. The third-order valence-electron chi connectivity index (χ3n) is 5.68. The molecule has 34 heavy (non-hydrogen) atoms. The summed E-state index contributed by atoms with van der Waals surface area (Å²) >= 11 is 12.2. The second kappa shape index (κ2) is 9.24. The number of imide groups is 1. The lowest BCUT2D eigenvalue weighted by Crippen LogP contribution is -2.40. The normalized spacial score (nSPS) is 14.1. The highest BCUT2D eigenvalue weighted by Gasteiger charge is 2.47. The molecule has 0 spiro atoms. The van der Waals surface area contributed by atoms with Crippen molar-refractivity contribution in [1.29, 1.82) is 0 Å². The van der Waals surface area contributed by atoms with Gasteiger partial charge in [-0.2, -0.15) is 4.57 Å². The van der Waals surface area contributed by atoms with Gasteiger partial charge >= 0.3 is 5.91 Å². The molecule has 1 aliphatic heterocycles. The second-order valence-electron chi connectivity index (χ2n) is 8.68. The Morgan fingerprint density at radius 1 is 1.00 bits per heavy atom. The zero-order valence-electron chi connectivity index (χ0n) is 19.4. The van der Waals surface area contributed by atoms with E-state index < -0.39 is 17.4 Å². The van der Waals surface area contributed by atoms with Crippen LogP contribution < -0.4 is 10.1 Å². The van der Waals surface area contributed by atoms with Gasteiger partial charge in [-0.25, -0.2) is 4.68 Å². The van der Waals surface area contributed by atoms with Gasteiger partial charge in [-0.05, 0) is 43.0 Å². The Kier molecular flexibility index (Phi) is 6.51. The van der Waals surface area contributed by atoms with Gasteiger partial charge in [-0.1, -0.05) is 44.0 Å². The minimum atomic E-state index is -0.478. The van der Waals surface area contributed by atoms with E-state index in [1.165, 1.54) is 9.58 Å². The van der Waals surface area contributed by atoms with E-state index in [0.717, 1.165) is 5.56 Å². The Morgan fingerprint density at radius 3 is 2.26 bits per heavy atom. The lowest BCUT2D eigenvalue weighted by molar-refractivity contribution is -0.577. The van der Waals surface area contributed by atoms with Gasteiger partial charge in [-0.15, -0.1) is 0 Å². The van der Waals surface area contributed by atoms with Crippen LogP contribution in [0.1, 0.15) is 37.6 Å². The number of aromatic amines is 1. The molecule has 4 rings (SSSR count). The minimum absolute atomic E-state index is 0.0706. The first-order valence-electron chi connectivity index (χ1n) is 11.0. The molecule has 0 aliphatic carbocycles. The lowest BCUT2D eigenvalue weighted by Gasteiger charge is -2.16. The summed E-state index contributed by atoms with van der Waals surface area (Å²) in [6.45, 7) is 7.93. The number of hydrogen-bond acceptors (Lipinski definition) is 3. The zero-order chi connectivity index (χ0) is 24.7. The number of rotatable bonds is 6. The Balaban J connectivity index is 1.98. The van der Waals surface area contributed by atoms with E-state index in [-0.39, 0.29) is 29.3 Å². The molecule has 2 amide bonds. The molecule has 0 unspecified atom stereocenters. The Labute approximate surface area is 207 Å². The van der Waals surface area contributed by atoms with Crippen LogP contribution in [0.4, 0.5) is 0 Å². The van der Waals surface area contributed by atoms with Crippen LogP contribution in [-0.4, -0.2) is 33.0 Å². The molecular weight excluding hydrogens is 475 g/mol. The molecule has 7 nitrogen and oxygen atoms in total. The van der Waals surface area contributed by atoms with Crippen molar-refractivity contribution in [3.63, 3.8) is 0 Å². The summed E-state index contributed by atoms with van der Waals surface area (Å²) in [7, 11) is 0. The fourth-order valence-corrected chi connectivity index (χ4v) is 4.30. The molecule has 0 fully saturated rings. The third kappa shape index (κ3) is 4.10. The summed E-state index contributed by atoms with van der Waals surface area (Å²) in [6, 6.07) is 8.52. The molecule has 0 atom stereocenters. The molecular formula is C25H25Cl2N4O3+. The summed E-state index contributed by atoms with van der Waals surface area (Å²) in [5, 5.41) is 3.75.